The summed E-state index contributed by atoms with van der Waals surface area (Å²) < 4.78 is 11.0. The first-order chi connectivity index (χ1) is 10.2. The van der Waals surface area contributed by atoms with Crippen LogP contribution in [0.5, 0.6) is 5.75 Å². The third-order valence-electron chi connectivity index (χ3n) is 3.88. The molecule has 0 aliphatic heterocycles. The lowest BCUT2D eigenvalue weighted by Gasteiger charge is -2.31. The molecule has 0 spiro atoms. The number of nitrogens with one attached hydrogen (secondary N) is 2. The molecule has 2 unspecified atom stereocenters. The predicted molar refractivity (Wildman–Crippen MR) is 82.7 cm³/mol. The summed E-state index contributed by atoms with van der Waals surface area (Å²) >= 11 is 0. The maximum atomic E-state index is 12.0. The molecule has 0 saturated heterocycles. The molecule has 2 atom stereocenters. The summed E-state index contributed by atoms with van der Waals surface area (Å²) in [6, 6.07) is 7.70. The van der Waals surface area contributed by atoms with Crippen LogP contribution in [0.3, 0.4) is 0 Å². The minimum atomic E-state index is -0.153. The number of likely N-dealkylation sites (N-methyl/N-ethyl adjacent to an activating group) is 1. The zero-order chi connectivity index (χ0) is 15.1. The minimum absolute atomic E-state index is 0.0703. The number of carbonyl (C=O) groups is 1. The first-order valence-electron chi connectivity index (χ1n) is 7.46. The van der Waals surface area contributed by atoms with Crippen molar-refractivity contribution in [1.82, 2.24) is 5.32 Å². The Labute approximate surface area is 126 Å². The largest absolute Gasteiger partial charge is 0.495 e. The molecule has 0 heterocycles. The number of amides is 1. The maximum absolute atomic E-state index is 12.0. The Balaban J connectivity index is 1.84. The Kier molecular flexibility index (Phi) is 6.02. The van der Waals surface area contributed by atoms with Crippen molar-refractivity contribution in [1.29, 1.82) is 0 Å². The summed E-state index contributed by atoms with van der Waals surface area (Å²) in [5, 5.41) is 6.09. The minimum Gasteiger partial charge on any atom is -0.495 e. The molecular formula is C16H24N2O3. The van der Waals surface area contributed by atoms with Gasteiger partial charge in [-0.25, -0.2) is 0 Å². The van der Waals surface area contributed by atoms with Gasteiger partial charge in [0.05, 0.1) is 18.9 Å². The van der Waals surface area contributed by atoms with Crippen molar-refractivity contribution in [2.24, 2.45) is 0 Å². The second-order valence-electron chi connectivity index (χ2n) is 5.28. The van der Waals surface area contributed by atoms with Crippen LogP contribution in [0.25, 0.3) is 0 Å². The van der Waals surface area contributed by atoms with Crippen molar-refractivity contribution in [3.8, 4) is 5.75 Å². The van der Waals surface area contributed by atoms with Gasteiger partial charge in [0.1, 0.15) is 12.4 Å². The summed E-state index contributed by atoms with van der Waals surface area (Å²) in [5.74, 6) is 0.497. The molecular weight excluding hydrogens is 268 g/mol. The number of para-hydroxylation sites is 2. The van der Waals surface area contributed by atoms with Crippen molar-refractivity contribution in [3.63, 3.8) is 0 Å². The third-order valence-corrected chi connectivity index (χ3v) is 3.88. The van der Waals surface area contributed by atoms with E-state index in [0.717, 1.165) is 19.3 Å². The predicted octanol–water partition coefficient (Wildman–Crippen LogP) is 2.18. The zero-order valence-electron chi connectivity index (χ0n) is 12.7. The first kappa shape index (κ1) is 15.8. The van der Waals surface area contributed by atoms with Crippen LogP contribution < -0.4 is 15.4 Å². The summed E-state index contributed by atoms with van der Waals surface area (Å²) in [4.78, 5) is 12.0. The van der Waals surface area contributed by atoms with Crippen molar-refractivity contribution in [2.45, 2.75) is 37.8 Å². The topological polar surface area (TPSA) is 59.6 Å². The van der Waals surface area contributed by atoms with E-state index in [-0.39, 0.29) is 18.6 Å². The van der Waals surface area contributed by atoms with Crippen molar-refractivity contribution in [3.05, 3.63) is 24.3 Å². The van der Waals surface area contributed by atoms with Gasteiger partial charge in [-0.05, 0) is 32.0 Å². The molecule has 1 aliphatic carbocycles. The van der Waals surface area contributed by atoms with E-state index in [2.05, 4.69) is 10.6 Å². The number of benzene rings is 1. The number of anilines is 1. The van der Waals surface area contributed by atoms with Gasteiger partial charge in [0.15, 0.2) is 0 Å². The highest BCUT2D eigenvalue weighted by Gasteiger charge is 2.25. The number of hydrogen-bond donors (Lipinski definition) is 2. The van der Waals surface area contributed by atoms with Crippen LogP contribution in [0.1, 0.15) is 25.7 Å². The van der Waals surface area contributed by atoms with Crippen molar-refractivity contribution in [2.75, 3.05) is 26.1 Å². The lowest BCUT2D eigenvalue weighted by molar-refractivity contribution is -0.123. The Bertz CT molecular complexity index is 465. The molecule has 1 fully saturated rings. The smallest absolute Gasteiger partial charge is 0.250 e. The van der Waals surface area contributed by atoms with Crippen LogP contribution in [-0.4, -0.2) is 38.8 Å². The Morgan fingerprint density at radius 1 is 1.29 bits per heavy atom. The Morgan fingerprint density at radius 3 is 2.81 bits per heavy atom. The monoisotopic (exact) mass is 292 g/mol. The Hall–Kier alpha value is -1.59. The number of methoxy groups -OCH3 is 1. The normalized spacial score (nSPS) is 21.8. The molecule has 21 heavy (non-hydrogen) atoms. The van der Waals surface area contributed by atoms with E-state index in [9.17, 15) is 4.79 Å². The summed E-state index contributed by atoms with van der Waals surface area (Å²) in [5.41, 5.74) is 0.669. The molecule has 0 radical (unpaired) electrons. The quantitative estimate of drug-likeness (QED) is 0.844. The zero-order valence-corrected chi connectivity index (χ0v) is 12.7. The summed E-state index contributed by atoms with van der Waals surface area (Å²) in [7, 11) is 3.53. The Morgan fingerprint density at radius 2 is 2.05 bits per heavy atom. The highest BCUT2D eigenvalue weighted by atomic mass is 16.5. The van der Waals surface area contributed by atoms with Crippen molar-refractivity contribution < 1.29 is 14.3 Å². The van der Waals surface area contributed by atoms with E-state index in [1.165, 1.54) is 6.42 Å². The fraction of sp³-hybridized carbons (Fsp3) is 0.562. The first-order valence-corrected chi connectivity index (χ1v) is 7.46. The van der Waals surface area contributed by atoms with Crippen LogP contribution in [0, 0.1) is 0 Å². The van der Waals surface area contributed by atoms with Gasteiger partial charge in [-0.2, -0.15) is 0 Å². The van der Waals surface area contributed by atoms with E-state index < -0.39 is 0 Å². The molecule has 1 amide bonds. The van der Waals surface area contributed by atoms with Gasteiger partial charge in [-0.3, -0.25) is 4.79 Å². The van der Waals surface area contributed by atoms with Crippen molar-refractivity contribution >= 4 is 11.6 Å². The molecule has 1 aliphatic rings. The molecule has 1 saturated carbocycles. The van der Waals surface area contributed by atoms with Gasteiger partial charge >= 0.3 is 0 Å². The van der Waals surface area contributed by atoms with Crippen LogP contribution in [0.2, 0.25) is 0 Å². The van der Waals surface area contributed by atoms with Gasteiger partial charge in [0.25, 0.3) is 0 Å². The fourth-order valence-corrected chi connectivity index (χ4v) is 2.74. The average molecular weight is 292 g/mol. The highest BCUT2D eigenvalue weighted by Crippen LogP contribution is 2.23. The molecule has 1 aromatic carbocycles. The summed E-state index contributed by atoms with van der Waals surface area (Å²) in [6.07, 6.45) is 4.62. The van der Waals surface area contributed by atoms with E-state index in [1.54, 1.807) is 7.11 Å². The molecule has 2 N–H and O–H groups in total. The lowest BCUT2D eigenvalue weighted by atomic mass is 9.92. The molecule has 5 heteroatoms. The molecule has 5 nitrogen and oxygen atoms in total. The van der Waals surface area contributed by atoms with E-state index in [0.29, 0.717) is 17.5 Å². The van der Waals surface area contributed by atoms with Crippen LogP contribution in [0.15, 0.2) is 24.3 Å². The molecule has 0 aromatic heterocycles. The van der Waals surface area contributed by atoms with Crippen LogP contribution in [-0.2, 0) is 9.53 Å². The van der Waals surface area contributed by atoms with E-state index in [4.69, 9.17) is 9.47 Å². The standard InChI is InChI=1S/C16H24N2O3/c1-17-12-7-3-6-10-15(12)21-11-16(19)18-13-8-4-5-9-14(13)20-2/h4-5,8-9,12,15,17H,3,6-7,10-11H2,1-2H3,(H,18,19). The number of ether oxygens (including phenoxy) is 2. The third kappa shape index (κ3) is 4.44. The van der Waals surface area contributed by atoms with Crippen LogP contribution in [0.4, 0.5) is 5.69 Å². The average Bonchev–Trinajstić information content (AvgIpc) is 2.53. The number of rotatable bonds is 6. The highest BCUT2D eigenvalue weighted by molar-refractivity contribution is 5.93. The second-order valence-corrected chi connectivity index (χ2v) is 5.28. The van der Waals surface area contributed by atoms with Crippen LogP contribution >= 0.6 is 0 Å². The van der Waals surface area contributed by atoms with Gasteiger partial charge in [0.2, 0.25) is 5.91 Å². The molecule has 2 rings (SSSR count). The molecule has 116 valence electrons. The van der Waals surface area contributed by atoms with E-state index >= 15 is 0 Å². The number of hydrogen-bond acceptors (Lipinski definition) is 4. The second kappa shape index (κ2) is 8.00. The van der Waals surface area contributed by atoms with Gasteiger partial charge in [-0.1, -0.05) is 25.0 Å². The van der Waals surface area contributed by atoms with Gasteiger partial charge in [-0.15, -0.1) is 0 Å². The molecule has 1 aromatic rings. The van der Waals surface area contributed by atoms with Gasteiger partial charge < -0.3 is 20.1 Å². The lowest BCUT2D eigenvalue weighted by Crippen LogP contribution is -2.42. The SMILES string of the molecule is CNC1CCCCC1OCC(=O)Nc1ccccc1OC. The van der Waals surface area contributed by atoms with Gasteiger partial charge in [0, 0.05) is 6.04 Å². The fourth-order valence-electron chi connectivity index (χ4n) is 2.74. The maximum Gasteiger partial charge on any atom is 0.250 e. The molecule has 0 bridgehead atoms. The van der Waals surface area contributed by atoms with E-state index in [1.807, 2.05) is 31.3 Å². The number of carbonyl (C=O) groups excluding carboxylic acids is 1. The summed E-state index contributed by atoms with van der Waals surface area (Å²) in [6.45, 7) is 0.0703.